The van der Waals surface area contributed by atoms with Crippen molar-refractivity contribution in [2.75, 3.05) is 13.2 Å². The number of hydrogen-bond donors (Lipinski definition) is 2. The van der Waals surface area contributed by atoms with Gasteiger partial charge in [-0.25, -0.2) is 4.39 Å². The number of aryl methyl sites for hydroxylation is 1. The molecule has 3 nitrogen and oxygen atoms in total. The van der Waals surface area contributed by atoms with Crippen molar-refractivity contribution in [1.82, 2.24) is 5.43 Å². The normalized spacial score (nSPS) is 12.8. The fourth-order valence-electron chi connectivity index (χ4n) is 1.66. The first-order chi connectivity index (χ1) is 7.67. The predicted octanol–water partition coefficient (Wildman–Crippen LogP) is 2.07. The minimum atomic E-state index is -0.230. The van der Waals surface area contributed by atoms with Crippen molar-refractivity contribution < 1.29 is 9.13 Å². The van der Waals surface area contributed by atoms with Crippen LogP contribution in [0.3, 0.4) is 0 Å². The second kappa shape index (κ2) is 6.58. The van der Waals surface area contributed by atoms with E-state index in [0.717, 1.165) is 17.5 Å². The van der Waals surface area contributed by atoms with Gasteiger partial charge in [0.15, 0.2) is 0 Å². The van der Waals surface area contributed by atoms with Crippen LogP contribution in [0.5, 0.6) is 0 Å². The zero-order valence-electron chi connectivity index (χ0n) is 9.79. The molecule has 1 rings (SSSR count). The molecule has 0 aromatic heterocycles. The zero-order chi connectivity index (χ0) is 12.0. The number of nitrogens with one attached hydrogen (secondary N) is 1. The Balaban J connectivity index is 2.70. The molecule has 0 aliphatic rings. The first-order valence-electron chi connectivity index (χ1n) is 5.48. The third-order valence-corrected chi connectivity index (χ3v) is 2.42. The van der Waals surface area contributed by atoms with Gasteiger partial charge in [0.2, 0.25) is 0 Å². The average molecular weight is 226 g/mol. The monoisotopic (exact) mass is 226 g/mol. The highest BCUT2D eigenvalue weighted by Crippen LogP contribution is 2.18. The predicted molar refractivity (Wildman–Crippen MR) is 62.3 cm³/mol. The molecule has 4 heteroatoms. The molecular weight excluding hydrogens is 207 g/mol. The van der Waals surface area contributed by atoms with Crippen molar-refractivity contribution >= 4 is 0 Å². The Labute approximate surface area is 95.8 Å². The van der Waals surface area contributed by atoms with Crippen molar-refractivity contribution in [2.24, 2.45) is 5.84 Å². The van der Waals surface area contributed by atoms with E-state index in [-0.39, 0.29) is 11.9 Å². The van der Waals surface area contributed by atoms with Crippen molar-refractivity contribution in [2.45, 2.75) is 26.3 Å². The van der Waals surface area contributed by atoms with Gasteiger partial charge < -0.3 is 4.74 Å². The van der Waals surface area contributed by atoms with Crippen LogP contribution < -0.4 is 11.3 Å². The van der Waals surface area contributed by atoms with Crippen LogP contribution in [-0.4, -0.2) is 13.2 Å². The SMILES string of the molecule is CCOCCC(NN)c1cc(C)cc(F)c1. The fraction of sp³-hybridized carbons (Fsp3) is 0.500. The summed E-state index contributed by atoms with van der Waals surface area (Å²) < 4.78 is 18.5. The first-order valence-corrected chi connectivity index (χ1v) is 5.48. The summed E-state index contributed by atoms with van der Waals surface area (Å²) >= 11 is 0. The minimum Gasteiger partial charge on any atom is -0.382 e. The van der Waals surface area contributed by atoms with Gasteiger partial charge in [-0.15, -0.1) is 0 Å². The van der Waals surface area contributed by atoms with Crippen LogP contribution in [0.15, 0.2) is 18.2 Å². The molecule has 0 aliphatic carbocycles. The molecule has 16 heavy (non-hydrogen) atoms. The summed E-state index contributed by atoms with van der Waals surface area (Å²) in [5.41, 5.74) is 4.44. The molecule has 1 atom stereocenters. The first kappa shape index (κ1) is 13.1. The second-order valence-corrected chi connectivity index (χ2v) is 3.77. The Morgan fingerprint density at radius 2 is 2.19 bits per heavy atom. The molecule has 0 amide bonds. The van der Waals surface area contributed by atoms with E-state index in [1.807, 2.05) is 19.9 Å². The van der Waals surface area contributed by atoms with E-state index >= 15 is 0 Å². The fourth-order valence-corrected chi connectivity index (χ4v) is 1.66. The second-order valence-electron chi connectivity index (χ2n) is 3.77. The molecule has 0 spiro atoms. The van der Waals surface area contributed by atoms with Crippen molar-refractivity contribution in [3.05, 3.63) is 35.1 Å². The number of ether oxygens (including phenoxy) is 1. The molecule has 1 unspecified atom stereocenters. The minimum absolute atomic E-state index is 0.0686. The summed E-state index contributed by atoms with van der Waals surface area (Å²) in [5, 5.41) is 0. The standard InChI is InChI=1S/C12H19FN2O/c1-3-16-5-4-12(15-14)10-6-9(2)7-11(13)8-10/h6-8,12,15H,3-5,14H2,1-2H3. The molecule has 90 valence electrons. The van der Waals surface area contributed by atoms with Crippen LogP contribution in [0.25, 0.3) is 0 Å². The Hall–Kier alpha value is -0.970. The van der Waals surface area contributed by atoms with E-state index in [2.05, 4.69) is 5.43 Å². The summed E-state index contributed by atoms with van der Waals surface area (Å²) in [4.78, 5) is 0. The van der Waals surface area contributed by atoms with Crippen LogP contribution in [0.2, 0.25) is 0 Å². The summed E-state index contributed by atoms with van der Waals surface area (Å²) in [5.74, 6) is 5.23. The van der Waals surface area contributed by atoms with E-state index in [1.165, 1.54) is 12.1 Å². The van der Waals surface area contributed by atoms with Gasteiger partial charge in [0, 0.05) is 19.3 Å². The Morgan fingerprint density at radius 3 is 2.75 bits per heavy atom. The summed E-state index contributed by atoms with van der Waals surface area (Å²) in [6.45, 7) is 5.10. The Bertz CT molecular complexity index is 311. The molecular formula is C12H19FN2O. The van der Waals surface area contributed by atoms with Gasteiger partial charge in [0.05, 0.1) is 0 Å². The number of hydrazine groups is 1. The maximum absolute atomic E-state index is 13.2. The molecule has 0 saturated carbocycles. The third-order valence-electron chi connectivity index (χ3n) is 2.42. The van der Waals surface area contributed by atoms with Crippen molar-refractivity contribution in [1.29, 1.82) is 0 Å². The number of hydrogen-bond acceptors (Lipinski definition) is 3. The third kappa shape index (κ3) is 3.89. The maximum Gasteiger partial charge on any atom is 0.123 e. The highest BCUT2D eigenvalue weighted by Gasteiger charge is 2.10. The van der Waals surface area contributed by atoms with Gasteiger partial charge in [-0.3, -0.25) is 11.3 Å². The van der Waals surface area contributed by atoms with Crippen molar-refractivity contribution in [3.63, 3.8) is 0 Å². The van der Waals surface area contributed by atoms with E-state index in [1.54, 1.807) is 0 Å². The van der Waals surface area contributed by atoms with Crippen LogP contribution in [0, 0.1) is 12.7 Å². The lowest BCUT2D eigenvalue weighted by molar-refractivity contribution is 0.136. The van der Waals surface area contributed by atoms with Gasteiger partial charge in [-0.05, 0) is 43.5 Å². The highest BCUT2D eigenvalue weighted by atomic mass is 19.1. The Morgan fingerprint density at radius 1 is 1.44 bits per heavy atom. The Kier molecular flexibility index (Phi) is 5.38. The summed E-state index contributed by atoms with van der Waals surface area (Å²) in [6, 6.07) is 4.86. The topological polar surface area (TPSA) is 47.3 Å². The molecule has 0 fully saturated rings. The van der Waals surface area contributed by atoms with E-state index in [0.29, 0.717) is 13.2 Å². The number of nitrogens with two attached hydrogens (primary N) is 1. The molecule has 0 heterocycles. The van der Waals surface area contributed by atoms with Gasteiger partial charge in [-0.1, -0.05) is 6.07 Å². The quantitative estimate of drug-likeness (QED) is 0.443. The largest absolute Gasteiger partial charge is 0.382 e. The van der Waals surface area contributed by atoms with E-state index in [9.17, 15) is 4.39 Å². The summed E-state index contributed by atoms with van der Waals surface area (Å²) in [6.07, 6.45) is 0.729. The smallest absolute Gasteiger partial charge is 0.123 e. The lowest BCUT2D eigenvalue weighted by atomic mass is 10.0. The van der Waals surface area contributed by atoms with Crippen LogP contribution in [-0.2, 0) is 4.74 Å². The van der Waals surface area contributed by atoms with Crippen LogP contribution >= 0.6 is 0 Å². The molecule has 3 N–H and O–H groups in total. The van der Waals surface area contributed by atoms with E-state index in [4.69, 9.17) is 10.6 Å². The van der Waals surface area contributed by atoms with Gasteiger partial charge in [-0.2, -0.15) is 0 Å². The molecule has 1 aromatic carbocycles. The lowest BCUT2D eigenvalue weighted by Crippen LogP contribution is -2.29. The zero-order valence-corrected chi connectivity index (χ0v) is 9.79. The molecule has 0 aliphatic heterocycles. The number of rotatable bonds is 6. The van der Waals surface area contributed by atoms with Crippen molar-refractivity contribution in [3.8, 4) is 0 Å². The van der Waals surface area contributed by atoms with Gasteiger partial charge in [0.1, 0.15) is 5.82 Å². The van der Waals surface area contributed by atoms with Gasteiger partial charge in [0.25, 0.3) is 0 Å². The molecule has 1 aromatic rings. The lowest BCUT2D eigenvalue weighted by Gasteiger charge is -2.16. The average Bonchev–Trinajstić information content (AvgIpc) is 2.23. The molecule has 0 radical (unpaired) electrons. The number of benzene rings is 1. The highest BCUT2D eigenvalue weighted by molar-refractivity contribution is 5.26. The maximum atomic E-state index is 13.2. The van der Waals surface area contributed by atoms with Gasteiger partial charge >= 0.3 is 0 Å². The number of halogens is 1. The molecule has 0 bridgehead atoms. The van der Waals surface area contributed by atoms with E-state index < -0.39 is 0 Å². The van der Waals surface area contributed by atoms with Crippen LogP contribution in [0.1, 0.15) is 30.5 Å². The molecule has 0 saturated heterocycles. The summed E-state index contributed by atoms with van der Waals surface area (Å²) in [7, 11) is 0. The van der Waals surface area contributed by atoms with Crippen LogP contribution in [0.4, 0.5) is 4.39 Å².